The van der Waals surface area contributed by atoms with Gasteiger partial charge in [-0.15, -0.1) is 0 Å². The van der Waals surface area contributed by atoms with Crippen LogP contribution in [0, 0.1) is 5.92 Å². The van der Waals surface area contributed by atoms with E-state index >= 15 is 0 Å². The second-order valence-electron chi connectivity index (χ2n) is 7.71. The van der Waals surface area contributed by atoms with Crippen LogP contribution in [0.3, 0.4) is 0 Å². The quantitative estimate of drug-likeness (QED) is 0.725. The first-order valence-corrected chi connectivity index (χ1v) is 8.93. The van der Waals surface area contributed by atoms with Crippen molar-refractivity contribution in [2.45, 2.75) is 83.9 Å². The van der Waals surface area contributed by atoms with E-state index in [4.69, 9.17) is 9.47 Å². The van der Waals surface area contributed by atoms with Crippen molar-refractivity contribution in [2.24, 2.45) is 5.92 Å². The lowest BCUT2D eigenvalue weighted by Gasteiger charge is -2.48. The lowest BCUT2D eigenvalue weighted by Crippen LogP contribution is -2.56. The van der Waals surface area contributed by atoms with E-state index < -0.39 is 5.60 Å². The van der Waals surface area contributed by atoms with Crippen LogP contribution in [0.5, 0.6) is 0 Å². The summed E-state index contributed by atoms with van der Waals surface area (Å²) in [7, 11) is 0. The van der Waals surface area contributed by atoms with Crippen molar-refractivity contribution in [1.82, 2.24) is 4.90 Å². The average Bonchev–Trinajstić information content (AvgIpc) is 2.44. The Labute approximate surface area is 139 Å². The predicted octanol–water partition coefficient (Wildman–Crippen LogP) is 3.55. The first kappa shape index (κ1) is 18.2. The van der Waals surface area contributed by atoms with Gasteiger partial charge in [0.25, 0.3) is 0 Å². The van der Waals surface area contributed by atoms with Gasteiger partial charge in [-0.25, -0.2) is 4.79 Å². The van der Waals surface area contributed by atoms with Crippen molar-refractivity contribution in [2.75, 3.05) is 13.2 Å². The van der Waals surface area contributed by atoms with Gasteiger partial charge in [0.2, 0.25) is 0 Å². The molecule has 0 aromatic carbocycles. The average molecular weight is 325 g/mol. The molecule has 0 aliphatic carbocycles. The van der Waals surface area contributed by atoms with E-state index in [9.17, 15) is 9.59 Å². The van der Waals surface area contributed by atoms with Crippen molar-refractivity contribution >= 4 is 11.9 Å². The van der Waals surface area contributed by atoms with Gasteiger partial charge < -0.3 is 14.4 Å². The highest BCUT2D eigenvalue weighted by molar-refractivity contribution is 5.81. The highest BCUT2D eigenvalue weighted by Gasteiger charge is 2.44. The van der Waals surface area contributed by atoms with Crippen LogP contribution in [0.1, 0.15) is 66.2 Å². The summed E-state index contributed by atoms with van der Waals surface area (Å²) >= 11 is 0. The normalized spacial score (nSPS) is 27.7. The van der Waals surface area contributed by atoms with Gasteiger partial charge in [-0.2, -0.15) is 0 Å². The molecule has 2 unspecified atom stereocenters. The highest BCUT2D eigenvalue weighted by atomic mass is 16.6. The van der Waals surface area contributed by atoms with Gasteiger partial charge in [0.1, 0.15) is 11.4 Å². The van der Waals surface area contributed by atoms with Crippen LogP contribution in [0.2, 0.25) is 0 Å². The molecule has 5 heteroatoms. The first-order valence-electron chi connectivity index (χ1n) is 8.93. The smallest absolute Gasteiger partial charge is 0.410 e. The zero-order valence-corrected chi connectivity index (χ0v) is 15.0. The summed E-state index contributed by atoms with van der Waals surface area (Å²) in [5.41, 5.74) is -0.477. The van der Waals surface area contributed by atoms with Crippen LogP contribution in [0.25, 0.3) is 0 Å². The molecule has 132 valence electrons. The summed E-state index contributed by atoms with van der Waals surface area (Å²) in [6.07, 6.45) is 4.92. The van der Waals surface area contributed by atoms with Crippen molar-refractivity contribution in [3.63, 3.8) is 0 Å². The molecule has 2 atom stereocenters. The van der Waals surface area contributed by atoms with Crippen molar-refractivity contribution < 1.29 is 19.1 Å². The maximum absolute atomic E-state index is 12.5. The third-order valence-corrected chi connectivity index (χ3v) is 4.73. The van der Waals surface area contributed by atoms with E-state index in [0.717, 1.165) is 32.1 Å². The molecule has 2 bridgehead atoms. The lowest BCUT2D eigenvalue weighted by atomic mass is 9.76. The number of ether oxygens (including phenoxy) is 2. The second-order valence-corrected chi connectivity index (χ2v) is 7.71. The van der Waals surface area contributed by atoms with Gasteiger partial charge >= 0.3 is 6.09 Å². The molecule has 0 radical (unpaired) electrons. The predicted molar refractivity (Wildman–Crippen MR) is 88.3 cm³/mol. The fraction of sp³-hybridized carbons (Fsp3) is 0.889. The van der Waals surface area contributed by atoms with Crippen LogP contribution >= 0.6 is 0 Å². The minimum Gasteiger partial charge on any atom is -0.444 e. The fourth-order valence-corrected chi connectivity index (χ4v) is 3.78. The zero-order valence-electron chi connectivity index (χ0n) is 15.0. The Balaban J connectivity index is 1.97. The molecule has 2 aliphatic rings. The van der Waals surface area contributed by atoms with Gasteiger partial charge in [-0.05, 0) is 59.8 Å². The van der Waals surface area contributed by atoms with E-state index in [1.807, 2.05) is 32.6 Å². The summed E-state index contributed by atoms with van der Waals surface area (Å²) in [5, 5.41) is 0. The summed E-state index contributed by atoms with van der Waals surface area (Å²) in [6, 6.07) is 0.303. The third-order valence-electron chi connectivity index (χ3n) is 4.73. The molecule has 0 aromatic heterocycles. The lowest BCUT2D eigenvalue weighted by molar-refractivity contribution is -0.128. The van der Waals surface area contributed by atoms with Crippen molar-refractivity contribution in [3.05, 3.63) is 0 Å². The van der Waals surface area contributed by atoms with E-state index in [-0.39, 0.29) is 24.1 Å². The van der Waals surface area contributed by atoms with Crippen molar-refractivity contribution in [3.8, 4) is 0 Å². The topological polar surface area (TPSA) is 55.8 Å². The summed E-state index contributed by atoms with van der Waals surface area (Å²) in [6.45, 7) is 8.78. The minimum absolute atomic E-state index is 0.0736. The molecule has 0 N–H and O–H groups in total. The van der Waals surface area contributed by atoms with Crippen LogP contribution in [-0.4, -0.2) is 47.7 Å². The highest BCUT2D eigenvalue weighted by Crippen LogP contribution is 2.38. The SMILES string of the molecule is CCOCCC(=O)C1CC2CCCC(C1)N2C(=O)OC(C)(C)C. The number of Topliss-reactive ketones (excluding diaryl/α,β-unsaturated/α-hetero) is 1. The van der Waals surface area contributed by atoms with E-state index in [0.29, 0.717) is 25.4 Å². The van der Waals surface area contributed by atoms with E-state index in [1.165, 1.54) is 0 Å². The molecule has 5 nitrogen and oxygen atoms in total. The number of fused-ring (bicyclic) bond motifs is 2. The third kappa shape index (κ3) is 4.93. The Morgan fingerprint density at radius 1 is 1.13 bits per heavy atom. The molecule has 0 aromatic rings. The number of carbonyl (C=O) groups is 2. The van der Waals surface area contributed by atoms with Crippen molar-refractivity contribution in [1.29, 1.82) is 0 Å². The van der Waals surface area contributed by atoms with E-state index in [1.54, 1.807) is 0 Å². The number of nitrogens with zero attached hydrogens (tertiary/aromatic N) is 1. The molecule has 23 heavy (non-hydrogen) atoms. The van der Waals surface area contributed by atoms with E-state index in [2.05, 4.69) is 0 Å². The second kappa shape index (κ2) is 7.65. The van der Waals surface area contributed by atoms with Gasteiger partial charge in [-0.3, -0.25) is 4.79 Å². The first-order chi connectivity index (χ1) is 10.8. The summed E-state index contributed by atoms with van der Waals surface area (Å²) in [4.78, 5) is 26.8. The number of piperidine rings is 2. The number of hydrogen-bond donors (Lipinski definition) is 0. The Morgan fingerprint density at radius 2 is 1.74 bits per heavy atom. The number of rotatable bonds is 5. The van der Waals surface area contributed by atoms with Gasteiger partial charge in [0.05, 0.1) is 6.61 Å². The Kier molecular flexibility index (Phi) is 6.06. The van der Waals surface area contributed by atoms with Crippen LogP contribution in [0.4, 0.5) is 4.79 Å². The Hall–Kier alpha value is -1.10. The summed E-state index contributed by atoms with van der Waals surface area (Å²) < 4.78 is 10.9. The molecule has 2 rings (SSSR count). The standard InChI is InChI=1S/C18H31NO4/c1-5-22-10-9-16(20)13-11-14-7-6-8-15(12-13)19(14)17(21)23-18(2,3)4/h13-15H,5-12H2,1-4H3. The molecule has 2 saturated heterocycles. The molecule has 2 aliphatic heterocycles. The fourth-order valence-electron chi connectivity index (χ4n) is 3.78. The minimum atomic E-state index is -0.477. The largest absolute Gasteiger partial charge is 0.444 e. The number of hydrogen-bond acceptors (Lipinski definition) is 4. The van der Waals surface area contributed by atoms with Crippen LogP contribution < -0.4 is 0 Å². The number of ketones is 1. The molecule has 2 fully saturated rings. The molecule has 2 heterocycles. The Bertz CT molecular complexity index is 415. The molecule has 0 spiro atoms. The molecular formula is C18H31NO4. The zero-order chi connectivity index (χ0) is 17.0. The van der Waals surface area contributed by atoms with Crippen LogP contribution in [0.15, 0.2) is 0 Å². The summed E-state index contributed by atoms with van der Waals surface area (Å²) in [5.74, 6) is 0.364. The monoisotopic (exact) mass is 325 g/mol. The molecular weight excluding hydrogens is 294 g/mol. The van der Waals surface area contributed by atoms with Gasteiger partial charge in [0.15, 0.2) is 0 Å². The molecule has 0 saturated carbocycles. The van der Waals surface area contributed by atoms with Gasteiger partial charge in [-0.1, -0.05) is 0 Å². The number of carbonyl (C=O) groups excluding carboxylic acids is 2. The van der Waals surface area contributed by atoms with Crippen LogP contribution in [-0.2, 0) is 14.3 Å². The maximum Gasteiger partial charge on any atom is 0.410 e. The molecule has 1 amide bonds. The number of amides is 1. The Morgan fingerprint density at radius 3 is 2.26 bits per heavy atom. The van der Waals surface area contributed by atoms with Gasteiger partial charge in [0, 0.05) is 31.0 Å². The maximum atomic E-state index is 12.5.